The third kappa shape index (κ3) is 5.15. The molecule has 0 bridgehead atoms. The molecule has 0 aromatic heterocycles. The summed E-state index contributed by atoms with van der Waals surface area (Å²) in [5, 5.41) is 0.385. The normalized spacial score (nSPS) is 12.8. The number of benzene rings is 2. The highest BCUT2D eigenvalue weighted by atomic mass is 79.9. The minimum atomic E-state index is -4.06. The van der Waals surface area contributed by atoms with Crippen LogP contribution < -0.4 is 4.31 Å². The van der Waals surface area contributed by atoms with Crippen molar-refractivity contribution in [1.82, 2.24) is 0 Å². The van der Waals surface area contributed by atoms with Crippen molar-refractivity contribution in [1.29, 1.82) is 0 Å². The standard InChI is InChI=1S/C17H17BrClF2NO2S/c1-12(18)3-2-10-22(17-11-14(20)6-9-16(17)21)25(23,24)15-7-4-13(19)5-8-15/h4-9,11-12H,2-3,10H2,1H3/t12-/m1/s1. The molecule has 0 heterocycles. The van der Waals surface area contributed by atoms with Crippen molar-refractivity contribution in [2.45, 2.75) is 29.5 Å². The summed E-state index contributed by atoms with van der Waals surface area (Å²) in [6.07, 6.45) is 1.17. The molecule has 0 unspecified atom stereocenters. The fourth-order valence-corrected chi connectivity index (χ4v) is 4.25. The van der Waals surface area contributed by atoms with Crippen LogP contribution in [0, 0.1) is 11.6 Å². The number of halogens is 4. The largest absolute Gasteiger partial charge is 0.264 e. The molecule has 25 heavy (non-hydrogen) atoms. The Balaban J connectivity index is 2.46. The lowest BCUT2D eigenvalue weighted by atomic mass is 10.2. The van der Waals surface area contributed by atoms with E-state index in [9.17, 15) is 17.2 Å². The van der Waals surface area contributed by atoms with Gasteiger partial charge in [-0.05, 0) is 49.2 Å². The van der Waals surface area contributed by atoms with E-state index in [2.05, 4.69) is 15.9 Å². The SMILES string of the molecule is C[C@@H](Br)CCCN(c1cc(F)ccc1F)S(=O)(=O)c1ccc(Cl)cc1. The average molecular weight is 453 g/mol. The van der Waals surface area contributed by atoms with Gasteiger partial charge in [0, 0.05) is 22.5 Å². The number of nitrogens with zero attached hydrogens (tertiary/aromatic N) is 1. The van der Waals surface area contributed by atoms with Gasteiger partial charge in [-0.25, -0.2) is 17.2 Å². The monoisotopic (exact) mass is 451 g/mol. The Hall–Kier alpha value is -1.18. The molecule has 2 rings (SSSR count). The van der Waals surface area contributed by atoms with Crippen LogP contribution in [0.15, 0.2) is 47.4 Å². The summed E-state index contributed by atoms with van der Waals surface area (Å²) in [5.74, 6) is -1.51. The van der Waals surface area contributed by atoms with Crippen LogP contribution in [0.1, 0.15) is 19.8 Å². The lowest BCUT2D eigenvalue weighted by molar-refractivity contribution is 0.577. The van der Waals surface area contributed by atoms with Gasteiger partial charge in [0.25, 0.3) is 10.0 Å². The molecule has 2 aromatic carbocycles. The number of rotatable bonds is 7. The fraction of sp³-hybridized carbons (Fsp3) is 0.294. The van der Waals surface area contributed by atoms with Gasteiger partial charge in [-0.15, -0.1) is 0 Å². The van der Waals surface area contributed by atoms with Crippen LogP contribution in [0.4, 0.5) is 14.5 Å². The number of hydrogen-bond acceptors (Lipinski definition) is 2. The quantitative estimate of drug-likeness (QED) is 0.529. The smallest absolute Gasteiger partial charge is 0.263 e. The van der Waals surface area contributed by atoms with Gasteiger partial charge < -0.3 is 0 Å². The molecule has 1 atom stereocenters. The number of alkyl halides is 1. The lowest BCUT2D eigenvalue weighted by Crippen LogP contribution is -2.33. The first-order chi connectivity index (χ1) is 11.7. The van der Waals surface area contributed by atoms with Crippen LogP contribution in [-0.4, -0.2) is 19.8 Å². The summed E-state index contributed by atoms with van der Waals surface area (Å²) in [4.78, 5) is 0.150. The number of anilines is 1. The zero-order valence-electron chi connectivity index (χ0n) is 13.4. The number of sulfonamides is 1. The van der Waals surface area contributed by atoms with Gasteiger partial charge >= 0.3 is 0 Å². The third-order valence-corrected chi connectivity index (χ3v) is 6.08. The van der Waals surface area contributed by atoms with Crippen molar-refractivity contribution >= 4 is 43.2 Å². The van der Waals surface area contributed by atoms with Crippen molar-refractivity contribution in [3.63, 3.8) is 0 Å². The van der Waals surface area contributed by atoms with Crippen LogP contribution >= 0.6 is 27.5 Å². The van der Waals surface area contributed by atoms with E-state index in [1.165, 1.54) is 24.3 Å². The van der Waals surface area contributed by atoms with Crippen LogP contribution in [-0.2, 0) is 10.0 Å². The molecule has 0 radical (unpaired) electrons. The van der Waals surface area contributed by atoms with Crippen molar-refractivity contribution in [2.24, 2.45) is 0 Å². The summed E-state index contributed by atoms with van der Waals surface area (Å²) < 4.78 is 54.6. The molecule has 2 aromatic rings. The summed E-state index contributed by atoms with van der Waals surface area (Å²) >= 11 is 9.19. The van der Waals surface area contributed by atoms with E-state index in [1.807, 2.05) is 6.92 Å². The first-order valence-corrected chi connectivity index (χ1v) is 10.3. The molecule has 136 valence electrons. The molecule has 8 heteroatoms. The molecule has 0 saturated carbocycles. The highest BCUT2D eigenvalue weighted by molar-refractivity contribution is 9.09. The molecule has 0 fully saturated rings. The van der Waals surface area contributed by atoms with Crippen LogP contribution in [0.5, 0.6) is 0 Å². The Kier molecular flexibility index (Phi) is 6.82. The fourth-order valence-electron chi connectivity index (χ4n) is 2.30. The molecular weight excluding hydrogens is 436 g/mol. The Morgan fingerprint density at radius 2 is 1.80 bits per heavy atom. The maximum Gasteiger partial charge on any atom is 0.264 e. The van der Waals surface area contributed by atoms with Crippen molar-refractivity contribution in [3.8, 4) is 0 Å². The first-order valence-electron chi connectivity index (χ1n) is 7.59. The van der Waals surface area contributed by atoms with Gasteiger partial charge in [0.2, 0.25) is 0 Å². The highest BCUT2D eigenvalue weighted by Gasteiger charge is 2.27. The number of hydrogen-bond donors (Lipinski definition) is 0. The minimum absolute atomic E-state index is 0.0290. The highest BCUT2D eigenvalue weighted by Crippen LogP contribution is 2.28. The van der Waals surface area contributed by atoms with Gasteiger partial charge in [-0.1, -0.05) is 34.5 Å². The van der Waals surface area contributed by atoms with E-state index < -0.39 is 21.7 Å². The Morgan fingerprint density at radius 3 is 2.40 bits per heavy atom. The molecule has 0 aliphatic carbocycles. The van der Waals surface area contributed by atoms with Gasteiger partial charge in [0.15, 0.2) is 0 Å². The van der Waals surface area contributed by atoms with E-state index in [4.69, 9.17) is 11.6 Å². The summed E-state index contributed by atoms with van der Waals surface area (Å²) in [6.45, 7) is 1.96. The summed E-state index contributed by atoms with van der Waals surface area (Å²) in [6, 6.07) is 8.32. The van der Waals surface area contributed by atoms with E-state index in [0.29, 0.717) is 17.9 Å². The molecule has 0 aliphatic rings. The molecule has 0 aliphatic heterocycles. The van der Waals surface area contributed by atoms with Gasteiger partial charge in [-0.2, -0.15) is 0 Å². The summed E-state index contributed by atoms with van der Waals surface area (Å²) in [5.41, 5.74) is -0.308. The average Bonchev–Trinajstić information content (AvgIpc) is 2.54. The van der Waals surface area contributed by atoms with E-state index >= 15 is 0 Å². The predicted octanol–water partition coefficient (Wildman–Crippen LogP) is 5.38. The van der Waals surface area contributed by atoms with Crippen LogP contribution in [0.2, 0.25) is 5.02 Å². The van der Waals surface area contributed by atoms with Crippen molar-refractivity contribution in [3.05, 3.63) is 59.1 Å². The first kappa shape index (κ1) is 20.1. The minimum Gasteiger partial charge on any atom is -0.263 e. The van der Waals surface area contributed by atoms with Crippen molar-refractivity contribution in [2.75, 3.05) is 10.8 Å². The Bertz CT molecular complexity index is 829. The maximum atomic E-state index is 14.2. The Morgan fingerprint density at radius 1 is 1.16 bits per heavy atom. The molecule has 0 spiro atoms. The maximum absolute atomic E-state index is 14.2. The zero-order valence-corrected chi connectivity index (χ0v) is 16.6. The lowest BCUT2D eigenvalue weighted by Gasteiger charge is -2.25. The van der Waals surface area contributed by atoms with Crippen LogP contribution in [0.3, 0.4) is 0 Å². The van der Waals surface area contributed by atoms with Crippen molar-refractivity contribution < 1.29 is 17.2 Å². The summed E-state index contributed by atoms with van der Waals surface area (Å²) in [7, 11) is -4.06. The van der Waals surface area contributed by atoms with Crippen LogP contribution in [0.25, 0.3) is 0 Å². The van der Waals surface area contributed by atoms with E-state index in [0.717, 1.165) is 22.5 Å². The second-order valence-electron chi connectivity index (χ2n) is 5.55. The second kappa shape index (κ2) is 8.47. The second-order valence-corrected chi connectivity index (χ2v) is 9.41. The zero-order chi connectivity index (χ0) is 18.6. The van der Waals surface area contributed by atoms with E-state index in [1.54, 1.807) is 0 Å². The molecule has 0 saturated heterocycles. The topological polar surface area (TPSA) is 37.4 Å². The predicted molar refractivity (Wildman–Crippen MR) is 100.0 cm³/mol. The molecular formula is C17H17BrClF2NO2S. The third-order valence-electron chi connectivity index (χ3n) is 3.54. The Labute approximate surface area is 159 Å². The molecule has 0 N–H and O–H groups in total. The van der Waals surface area contributed by atoms with E-state index in [-0.39, 0.29) is 22.0 Å². The van der Waals surface area contributed by atoms with Gasteiger partial charge in [0.1, 0.15) is 11.6 Å². The van der Waals surface area contributed by atoms with Gasteiger partial charge in [-0.3, -0.25) is 4.31 Å². The molecule has 3 nitrogen and oxygen atoms in total. The molecule has 0 amide bonds. The van der Waals surface area contributed by atoms with Gasteiger partial charge in [0.05, 0.1) is 10.6 Å².